The van der Waals surface area contributed by atoms with E-state index in [1.54, 1.807) is 31.2 Å². The molecule has 0 atom stereocenters. The van der Waals surface area contributed by atoms with Crippen molar-refractivity contribution in [2.45, 2.75) is 25.3 Å². The zero-order valence-corrected chi connectivity index (χ0v) is 22.7. The Bertz CT molecular complexity index is 1610. The minimum atomic E-state index is -4.26. The lowest BCUT2D eigenvalue weighted by Gasteiger charge is -2.14. The van der Waals surface area contributed by atoms with E-state index < -0.39 is 31.4 Å². The highest BCUT2D eigenvalue weighted by molar-refractivity contribution is 7.89. The van der Waals surface area contributed by atoms with Crippen molar-refractivity contribution < 1.29 is 32.0 Å². The molecule has 0 spiro atoms. The van der Waals surface area contributed by atoms with Crippen LogP contribution in [0, 0.1) is 24.0 Å². The molecule has 0 bridgehead atoms. The highest BCUT2D eigenvalue weighted by atomic mass is 32.2. The van der Waals surface area contributed by atoms with Crippen LogP contribution in [-0.2, 0) is 21.3 Å². The molecule has 2 aromatic heterocycles. The maximum Gasteiger partial charge on any atom is 0.272 e. The van der Waals surface area contributed by atoms with E-state index in [0.29, 0.717) is 17.0 Å². The first-order valence-electron chi connectivity index (χ1n) is 12.0. The number of furan rings is 1. The van der Waals surface area contributed by atoms with E-state index in [0.717, 1.165) is 17.7 Å². The number of amides is 1. The van der Waals surface area contributed by atoms with Gasteiger partial charge in [-0.05, 0) is 44.2 Å². The Morgan fingerprint density at radius 1 is 1.15 bits per heavy atom. The molecule has 210 valence electrons. The van der Waals surface area contributed by atoms with Gasteiger partial charge >= 0.3 is 0 Å². The fraction of sp³-hybridized carbons (Fsp3) is 0.231. The molecule has 0 unspecified atom stereocenters. The number of nitrogens with one attached hydrogen (secondary N) is 2. The molecule has 4 rings (SSSR count). The lowest BCUT2D eigenvalue weighted by atomic mass is 10.2. The number of methoxy groups -OCH3 is 1. The van der Waals surface area contributed by atoms with Crippen LogP contribution in [0.25, 0.3) is 5.69 Å². The van der Waals surface area contributed by atoms with E-state index in [-0.39, 0.29) is 37.0 Å². The first kappa shape index (κ1) is 28.5. The summed E-state index contributed by atoms with van der Waals surface area (Å²) in [6, 6.07) is 13.8. The molecule has 0 saturated heterocycles. The number of nitro groups is 1. The number of nitro benzene ring substituents is 1. The SMILES string of the molecule is COCCNS(=O)(=O)c1cc([N+](=O)[O-])ccc1Oc1c(C)c(C(=O)NCc2ccco2)nn1-c1ccc(C)cc1. The fourth-order valence-electron chi connectivity index (χ4n) is 3.71. The van der Waals surface area contributed by atoms with Crippen LogP contribution in [0.15, 0.2) is 70.2 Å². The molecule has 40 heavy (non-hydrogen) atoms. The summed E-state index contributed by atoms with van der Waals surface area (Å²) in [6.45, 7) is 3.65. The van der Waals surface area contributed by atoms with Crippen LogP contribution in [0.5, 0.6) is 11.6 Å². The normalized spacial score (nSPS) is 11.4. The van der Waals surface area contributed by atoms with E-state index in [2.05, 4.69) is 15.1 Å². The number of carbonyl (C=O) groups excluding carboxylic acids is 1. The lowest BCUT2D eigenvalue weighted by molar-refractivity contribution is -0.385. The van der Waals surface area contributed by atoms with Gasteiger partial charge in [-0.25, -0.2) is 13.1 Å². The molecule has 0 radical (unpaired) electrons. The molecule has 13 nitrogen and oxygen atoms in total. The third-order valence-corrected chi connectivity index (χ3v) is 7.28. The summed E-state index contributed by atoms with van der Waals surface area (Å²) in [5.41, 5.74) is 1.43. The van der Waals surface area contributed by atoms with E-state index in [1.807, 2.05) is 19.1 Å². The molecule has 0 saturated carbocycles. The van der Waals surface area contributed by atoms with Gasteiger partial charge in [-0.3, -0.25) is 14.9 Å². The molecule has 0 aliphatic carbocycles. The summed E-state index contributed by atoms with van der Waals surface area (Å²) in [6.07, 6.45) is 1.49. The van der Waals surface area contributed by atoms with E-state index in [9.17, 15) is 23.3 Å². The number of ether oxygens (including phenoxy) is 2. The molecular weight excluding hydrogens is 542 g/mol. The van der Waals surface area contributed by atoms with Crippen LogP contribution in [0.1, 0.15) is 27.4 Å². The molecule has 1 amide bonds. The number of hydrogen-bond donors (Lipinski definition) is 2. The number of aryl methyl sites for hydroxylation is 1. The fourth-order valence-corrected chi connectivity index (χ4v) is 4.86. The predicted molar refractivity (Wildman–Crippen MR) is 143 cm³/mol. The molecule has 2 heterocycles. The van der Waals surface area contributed by atoms with Crippen molar-refractivity contribution in [1.82, 2.24) is 19.8 Å². The molecule has 2 N–H and O–H groups in total. The van der Waals surface area contributed by atoms with Gasteiger partial charge in [-0.2, -0.15) is 9.78 Å². The first-order chi connectivity index (χ1) is 19.1. The first-order valence-corrected chi connectivity index (χ1v) is 13.5. The number of sulfonamides is 1. The predicted octanol–water partition coefficient (Wildman–Crippen LogP) is 3.64. The van der Waals surface area contributed by atoms with Gasteiger partial charge in [0.2, 0.25) is 15.9 Å². The molecule has 0 fully saturated rings. The number of nitrogens with zero attached hydrogens (tertiary/aromatic N) is 3. The third kappa shape index (κ3) is 6.36. The van der Waals surface area contributed by atoms with Crippen molar-refractivity contribution in [3.05, 3.63) is 93.6 Å². The zero-order valence-electron chi connectivity index (χ0n) is 21.9. The summed E-state index contributed by atoms with van der Waals surface area (Å²) in [5, 5.41) is 18.6. The Hall–Kier alpha value is -4.53. The van der Waals surface area contributed by atoms with Crippen LogP contribution in [0.2, 0.25) is 0 Å². The van der Waals surface area contributed by atoms with Crippen LogP contribution in [-0.4, -0.2) is 49.3 Å². The summed E-state index contributed by atoms with van der Waals surface area (Å²) in [4.78, 5) is 23.3. The van der Waals surface area contributed by atoms with E-state index in [1.165, 1.54) is 24.1 Å². The standard InChI is InChI=1S/C26H27N5O8S/c1-17-6-8-19(9-7-17)30-26(18(2)24(29-30)25(32)27-16-21-5-4-13-38-21)39-22-11-10-20(31(33)34)15-23(22)40(35,36)28-12-14-37-3/h4-11,13,15,28H,12,14,16H2,1-3H3,(H,27,32). The minimum Gasteiger partial charge on any atom is -0.467 e. The van der Waals surface area contributed by atoms with Crippen molar-refractivity contribution in [3.8, 4) is 17.3 Å². The Balaban J connectivity index is 1.78. The summed E-state index contributed by atoms with van der Waals surface area (Å²) < 4.78 is 46.2. The minimum absolute atomic E-state index is 0.0340. The Morgan fingerprint density at radius 3 is 2.55 bits per heavy atom. The van der Waals surface area contributed by atoms with Gasteiger partial charge in [0.05, 0.1) is 30.0 Å². The second-order valence-electron chi connectivity index (χ2n) is 8.67. The van der Waals surface area contributed by atoms with Crippen molar-refractivity contribution in [3.63, 3.8) is 0 Å². The maximum absolute atomic E-state index is 13.1. The quantitative estimate of drug-likeness (QED) is 0.147. The van der Waals surface area contributed by atoms with Crippen LogP contribution in [0.3, 0.4) is 0 Å². The van der Waals surface area contributed by atoms with Crippen molar-refractivity contribution in [2.75, 3.05) is 20.3 Å². The van der Waals surface area contributed by atoms with Gasteiger partial charge in [-0.1, -0.05) is 17.7 Å². The second-order valence-corrected chi connectivity index (χ2v) is 10.4. The maximum atomic E-state index is 13.1. The van der Waals surface area contributed by atoms with Crippen molar-refractivity contribution in [1.29, 1.82) is 0 Å². The number of rotatable bonds is 12. The Labute approximate surface area is 229 Å². The smallest absolute Gasteiger partial charge is 0.272 e. The number of aromatic nitrogens is 2. The largest absolute Gasteiger partial charge is 0.467 e. The highest BCUT2D eigenvalue weighted by Crippen LogP contribution is 2.35. The van der Waals surface area contributed by atoms with E-state index in [4.69, 9.17) is 13.9 Å². The van der Waals surface area contributed by atoms with Gasteiger partial charge in [0.25, 0.3) is 11.6 Å². The van der Waals surface area contributed by atoms with Gasteiger partial charge < -0.3 is 19.2 Å². The number of benzene rings is 2. The van der Waals surface area contributed by atoms with Gasteiger partial charge in [0.15, 0.2) is 5.69 Å². The Morgan fingerprint density at radius 2 is 1.90 bits per heavy atom. The second kappa shape index (κ2) is 12.1. The van der Waals surface area contributed by atoms with Gasteiger partial charge in [-0.15, -0.1) is 0 Å². The summed E-state index contributed by atoms with van der Waals surface area (Å²) in [5.74, 6) is -0.117. The highest BCUT2D eigenvalue weighted by Gasteiger charge is 2.28. The molecular formula is C26H27N5O8S. The zero-order chi connectivity index (χ0) is 28.9. The average Bonchev–Trinajstić information content (AvgIpc) is 3.56. The number of non-ortho nitro benzene ring substituents is 1. The third-order valence-electron chi connectivity index (χ3n) is 5.80. The lowest BCUT2D eigenvalue weighted by Crippen LogP contribution is -2.27. The van der Waals surface area contributed by atoms with E-state index >= 15 is 0 Å². The monoisotopic (exact) mass is 569 g/mol. The molecule has 4 aromatic rings. The summed E-state index contributed by atoms with van der Waals surface area (Å²) in [7, 11) is -2.85. The summed E-state index contributed by atoms with van der Waals surface area (Å²) >= 11 is 0. The molecule has 0 aliphatic heterocycles. The van der Waals surface area contributed by atoms with Gasteiger partial charge in [0.1, 0.15) is 16.4 Å². The topological polar surface area (TPSA) is 168 Å². The molecule has 0 aliphatic rings. The molecule has 14 heteroatoms. The molecule has 2 aromatic carbocycles. The van der Waals surface area contributed by atoms with Crippen LogP contribution >= 0.6 is 0 Å². The van der Waals surface area contributed by atoms with Crippen LogP contribution < -0.4 is 14.8 Å². The number of carbonyl (C=O) groups is 1. The average molecular weight is 570 g/mol. The van der Waals surface area contributed by atoms with Crippen LogP contribution in [0.4, 0.5) is 5.69 Å². The number of hydrogen-bond acceptors (Lipinski definition) is 9. The van der Waals surface area contributed by atoms with Gasteiger partial charge in [0, 0.05) is 31.4 Å². The van der Waals surface area contributed by atoms with Crippen molar-refractivity contribution in [2.24, 2.45) is 0 Å². The van der Waals surface area contributed by atoms with Crippen molar-refractivity contribution >= 4 is 21.6 Å². The Kier molecular flexibility index (Phi) is 8.62.